The zero-order chi connectivity index (χ0) is 17.2. The number of anilines is 1. The molecule has 0 spiro atoms. The first-order chi connectivity index (χ1) is 11.0. The second-order valence-corrected chi connectivity index (χ2v) is 6.19. The van der Waals surface area contributed by atoms with Crippen LogP contribution in [0, 0.1) is 5.92 Å². The Kier molecular flexibility index (Phi) is 8.30. The minimum atomic E-state index is 0.102. The van der Waals surface area contributed by atoms with Gasteiger partial charge < -0.3 is 9.64 Å². The molecule has 0 aliphatic carbocycles. The summed E-state index contributed by atoms with van der Waals surface area (Å²) in [7, 11) is 0. The van der Waals surface area contributed by atoms with E-state index in [0.29, 0.717) is 24.0 Å². The maximum atomic E-state index is 11.5. The Labute approximate surface area is 139 Å². The molecule has 5 nitrogen and oxygen atoms in total. The lowest BCUT2D eigenvalue weighted by Gasteiger charge is -2.28. The lowest BCUT2D eigenvalue weighted by molar-refractivity contribution is -0.210. The second-order valence-electron chi connectivity index (χ2n) is 6.19. The van der Waals surface area contributed by atoms with E-state index in [9.17, 15) is 4.79 Å². The van der Waals surface area contributed by atoms with Gasteiger partial charge in [0, 0.05) is 17.8 Å². The third-order valence-electron chi connectivity index (χ3n) is 4.15. The van der Waals surface area contributed by atoms with Crippen LogP contribution in [0.4, 0.5) is 11.4 Å². The summed E-state index contributed by atoms with van der Waals surface area (Å²) in [6.07, 6.45) is 5.42. The molecule has 128 valence electrons. The van der Waals surface area contributed by atoms with E-state index in [0.717, 1.165) is 24.9 Å². The van der Waals surface area contributed by atoms with Crippen molar-refractivity contribution < 1.29 is 15.1 Å². The summed E-state index contributed by atoms with van der Waals surface area (Å²) in [5.41, 5.74) is 6.84. The molecule has 1 aromatic rings. The Bertz CT molecular complexity index is 503. The van der Waals surface area contributed by atoms with E-state index in [-0.39, 0.29) is 6.04 Å². The molecule has 0 aliphatic rings. The Morgan fingerprint density at radius 1 is 1.26 bits per heavy atom. The Hall–Kier alpha value is -1.91. The Morgan fingerprint density at radius 3 is 2.57 bits per heavy atom. The van der Waals surface area contributed by atoms with Crippen LogP contribution in [0.25, 0.3) is 0 Å². The van der Waals surface area contributed by atoms with Crippen molar-refractivity contribution >= 4 is 17.8 Å². The highest BCUT2D eigenvalue weighted by Gasteiger charge is 2.19. The van der Waals surface area contributed by atoms with Crippen LogP contribution in [0.5, 0.6) is 5.75 Å². The molecule has 0 bridgehead atoms. The minimum absolute atomic E-state index is 0.102. The summed E-state index contributed by atoms with van der Waals surface area (Å²) < 4.78 is 5.83. The van der Waals surface area contributed by atoms with Crippen molar-refractivity contribution in [2.75, 3.05) is 11.5 Å². The molecule has 0 fully saturated rings. The number of nitrogens with two attached hydrogens (primary N) is 1. The zero-order valence-electron chi connectivity index (χ0n) is 14.8. The van der Waals surface area contributed by atoms with Crippen molar-refractivity contribution in [2.24, 2.45) is 11.0 Å². The maximum absolute atomic E-state index is 11.5. The monoisotopic (exact) mass is 320 g/mol. The van der Waals surface area contributed by atoms with Crippen molar-refractivity contribution in [1.29, 1.82) is 0 Å². The van der Waals surface area contributed by atoms with Crippen molar-refractivity contribution in [1.82, 2.24) is 0 Å². The molecule has 5 heteroatoms. The van der Waals surface area contributed by atoms with Crippen LogP contribution in [0.1, 0.15) is 53.4 Å². The number of hydrogen-bond donors (Lipinski definition) is 1. The second kappa shape index (κ2) is 9.98. The van der Waals surface area contributed by atoms with E-state index in [4.69, 9.17) is 10.3 Å². The molecule has 1 aromatic carbocycles. The average Bonchev–Trinajstić information content (AvgIpc) is 2.55. The molecular weight excluding hydrogens is 290 g/mol. The van der Waals surface area contributed by atoms with Crippen LogP contribution in [0.15, 0.2) is 23.3 Å². The molecule has 0 radical (unpaired) electrons. The third-order valence-corrected chi connectivity index (χ3v) is 4.15. The van der Waals surface area contributed by atoms with Gasteiger partial charge >= 0.3 is 0 Å². The van der Waals surface area contributed by atoms with Gasteiger partial charge in [-0.25, -0.2) is 0 Å². The van der Waals surface area contributed by atoms with Gasteiger partial charge in [0.2, 0.25) is 6.41 Å². The number of ether oxygens (including phenoxy) is 1. The van der Waals surface area contributed by atoms with Crippen LogP contribution >= 0.6 is 0 Å². The van der Waals surface area contributed by atoms with E-state index in [2.05, 4.69) is 25.9 Å². The molecule has 1 unspecified atom stereocenters. The number of hydrogen-bond acceptors (Lipinski definition) is 3. The Morgan fingerprint density at radius 2 is 2.00 bits per heavy atom. The van der Waals surface area contributed by atoms with Crippen molar-refractivity contribution in [2.45, 2.75) is 59.4 Å². The normalized spacial score (nSPS) is 12.0. The standard InChI is InChI=1S/C18H29N3O2/c1-5-6-7-8-11-23-18-12-16(9-10-17(18)20-19)21(13-22)15(4)14(2)3/h9-10,12-15,19H,5-8,11H2,1-4H3/p+1. The first kappa shape index (κ1) is 19.1. The number of rotatable bonds is 11. The molecule has 2 N–H and O–H groups in total. The highest BCUT2D eigenvalue weighted by molar-refractivity contribution is 5.78. The minimum Gasteiger partial charge on any atom is -0.491 e. The summed E-state index contributed by atoms with van der Waals surface area (Å²) in [4.78, 5) is 13.2. The fraction of sp³-hybridized carbons (Fsp3) is 0.611. The molecule has 0 aliphatic heterocycles. The zero-order valence-corrected chi connectivity index (χ0v) is 14.8. The highest BCUT2D eigenvalue weighted by Crippen LogP contribution is 2.32. The summed E-state index contributed by atoms with van der Waals surface area (Å²) in [6.45, 7) is 9.03. The highest BCUT2D eigenvalue weighted by atomic mass is 16.5. The van der Waals surface area contributed by atoms with Gasteiger partial charge in [0.05, 0.1) is 6.61 Å². The van der Waals surface area contributed by atoms with Gasteiger partial charge in [0.15, 0.2) is 11.4 Å². The van der Waals surface area contributed by atoms with E-state index in [1.165, 1.54) is 12.8 Å². The van der Waals surface area contributed by atoms with Gasteiger partial charge in [-0.15, -0.1) is 0 Å². The van der Waals surface area contributed by atoms with E-state index in [1.807, 2.05) is 19.1 Å². The maximum Gasteiger partial charge on any atom is 0.214 e. The van der Waals surface area contributed by atoms with Crippen LogP contribution in [-0.4, -0.2) is 19.1 Å². The summed E-state index contributed by atoms with van der Waals surface area (Å²) in [6, 6.07) is 5.59. The number of amides is 1. The fourth-order valence-electron chi connectivity index (χ4n) is 2.31. The lowest BCUT2D eigenvalue weighted by Crippen LogP contribution is -2.35. The van der Waals surface area contributed by atoms with Crippen molar-refractivity contribution in [3.05, 3.63) is 18.2 Å². The quantitative estimate of drug-likeness (QED) is 0.385. The molecule has 0 heterocycles. The topological polar surface area (TPSA) is 67.5 Å². The third kappa shape index (κ3) is 5.66. The summed E-state index contributed by atoms with van der Waals surface area (Å²) in [5.74, 6) is 0.988. The number of nitrogens with zero attached hydrogens (tertiary/aromatic N) is 2. The van der Waals surface area contributed by atoms with Crippen LogP contribution in [0.3, 0.4) is 0 Å². The molecule has 23 heavy (non-hydrogen) atoms. The molecular formula is C18H30N3O2+. The number of carbonyl (C=O) groups is 1. The molecule has 1 atom stereocenters. The fourth-order valence-corrected chi connectivity index (χ4v) is 2.31. The summed E-state index contributed by atoms with van der Waals surface area (Å²) >= 11 is 0. The van der Waals surface area contributed by atoms with Crippen LogP contribution < -0.4 is 15.2 Å². The van der Waals surface area contributed by atoms with E-state index >= 15 is 0 Å². The molecule has 1 amide bonds. The molecule has 1 rings (SSSR count). The smallest absolute Gasteiger partial charge is 0.214 e. The predicted octanol–water partition coefficient (Wildman–Crippen LogP) is 3.50. The average molecular weight is 320 g/mol. The van der Waals surface area contributed by atoms with Crippen LogP contribution in [0.2, 0.25) is 0 Å². The number of benzene rings is 1. The van der Waals surface area contributed by atoms with Gasteiger partial charge in [-0.1, -0.05) is 40.0 Å². The van der Waals surface area contributed by atoms with Crippen LogP contribution in [-0.2, 0) is 4.79 Å². The molecule has 0 saturated heterocycles. The first-order valence-electron chi connectivity index (χ1n) is 8.46. The van der Waals surface area contributed by atoms with Crippen molar-refractivity contribution in [3.8, 4) is 5.75 Å². The van der Waals surface area contributed by atoms with Crippen molar-refractivity contribution in [3.63, 3.8) is 0 Å². The Balaban J connectivity index is 2.88. The predicted molar refractivity (Wildman–Crippen MR) is 92.9 cm³/mol. The molecule has 0 aromatic heterocycles. The lowest BCUT2D eigenvalue weighted by atomic mass is 10.0. The summed E-state index contributed by atoms with van der Waals surface area (Å²) in [5, 5.41) is 3.76. The number of carbonyl (C=O) groups excluding carboxylic acids is 1. The SMILES string of the molecule is CCCCCCOc1cc(N(C=O)C(C)C(C)C)ccc1N=[NH2+]. The van der Waals surface area contributed by atoms with Gasteiger partial charge in [0.1, 0.15) is 0 Å². The van der Waals surface area contributed by atoms with Gasteiger partial charge in [-0.3, -0.25) is 4.79 Å². The van der Waals surface area contributed by atoms with Gasteiger partial charge in [0.25, 0.3) is 0 Å². The van der Waals surface area contributed by atoms with E-state index in [1.54, 1.807) is 11.0 Å². The van der Waals surface area contributed by atoms with Gasteiger partial charge in [-0.2, -0.15) is 5.53 Å². The number of unbranched alkanes of at least 4 members (excludes halogenated alkanes) is 3. The largest absolute Gasteiger partial charge is 0.491 e. The van der Waals surface area contributed by atoms with E-state index < -0.39 is 0 Å². The molecule has 0 saturated carbocycles. The van der Waals surface area contributed by atoms with Gasteiger partial charge in [-0.05, 0) is 36.5 Å². The first-order valence-corrected chi connectivity index (χ1v) is 8.46.